The maximum Gasteiger partial charge on any atom is 0.244 e. The van der Waals surface area contributed by atoms with Crippen molar-refractivity contribution in [1.29, 1.82) is 0 Å². The van der Waals surface area contributed by atoms with Crippen LogP contribution in [0.1, 0.15) is 22.3 Å². The van der Waals surface area contributed by atoms with Crippen molar-refractivity contribution in [2.24, 2.45) is 0 Å². The maximum absolute atomic E-state index is 12.2. The van der Waals surface area contributed by atoms with Crippen molar-refractivity contribution < 1.29 is 9.59 Å². The number of benzene rings is 3. The molecule has 3 aromatic rings. The molecule has 2 N–H and O–H groups in total. The average molecular weight is 372 g/mol. The summed E-state index contributed by atoms with van der Waals surface area (Å²) < 4.78 is 0. The van der Waals surface area contributed by atoms with Gasteiger partial charge in [-0.3, -0.25) is 9.59 Å². The lowest BCUT2D eigenvalue weighted by Gasteiger charge is -2.13. The number of aryl methyl sites for hydroxylation is 3. The molecule has 4 heteroatoms. The quantitative estimate of drug-likeness (QED) is 0.646. The minimum atomic E-state index is -0.305. The summed E-state index contributed by atoms with van der Waals surface area (Å²) in [4.78, 5) is 24.3. The van der Waals surface area contributed by atoms with Crippen LogP contribution >= 0.6 is 0 Å². The Labute approximate surface area is 165 Å². The van der Waals surface area contributed by atoms with Gasteiger partial charge < -0.3 is 10.6 Å². The Balaban J connectivity index is 1.60. The number of anilines is 1. The Morgan fingerprint density at radius 2 is 1.61 bits per heavy atom. The Kier molecular flexibility index (Phi) is 5.90. The van der Waals surface area contributed by atoms with Gasteiger partial charge in [0, 0.05) is 11.8 Å². The van der Waals surface area contributed by atoms with Crippen molar-refractivity contribution in [3.8, 4) is 0 Å². The van der Waals surface area contributed by atoms with Crippen LogP contribution in [0.25, 0.3) is 16.8 Å². The molecule has 142 valence electrons. The molecule has 4 nitrogen and oxygen atoms in total. The summed E-state index contributed by atoms with van der Waals surface area (Å²) in [6.07, 6.45) is 3.22. The molecule has 3 aromatic carbocycles. The fraction of sp³-hybridized carbons (Fsp3) is 0.167. The summed E-state index contributed by atoms with van der Waals surface area (Å²) in [5.41, 5.74) is 4.93. The first-order valence-electron chi connectivity index (χ1n) is 9.25. The van der Waals surface area contributed by atoms with E-state index in [1.165, 1.54) is 6.08 Å². The predicted octanol–water partition coefficient (Wildman–Crippen LogP) is 4.53. The van der Waals surface area contributed by atoms with E-state index in [1.807, 2.05) is 75.4 Å². The topological polar surface area (TPSA) is 58.2 Å². The van der Waals surface area contributed by atoms with Crippen LogP contribution in [-0.4, -0.2) is 18.4 Å². The van der Waals surface area contributed by atoms with Crippen LogP contribution in [0.4, 0.5) is 5.69 Å². The van der Waals surface area contributed by atoms with Gasteiger partial charge in [0.25, 0.3) is 0 Å². The molecule has 0 aliphatic rings. The molecule has 0 aromatic heterocycles. The molecular formula is C24H24N2O2. The van der Waals surface area contributed by atoms with Gasteiger partial charge in [-0.15, -0.1) is 0 Å². The number of hydrogen-bond donors (Lipinski definition) is 2. The van der Waals surface area contributed by atoms with Gasteiger partial charge >= 0.3 is 0 Å². The van der Waals surface area contributed by atoms with Crippen molar-refractivity contribution >= 4 is 34.4 Å². The van der Waals surface area contributed by atoms with Gasteiger partial charge in [-0.2, -0.15) is 0 Å². The van der Waals surface area contributed by atoms with E-state index in [1.54, 1.807) is 6.08 Å². The van der Waals surface area contributed by atoms with E-state index in [0.717, 1.165) is 38.7 Å². The number of nitrogens with one attached hydrogen (secondary N) is 2. The Bertz CT molecular complexity index is 1040. The predicted molar refractivity (Wildman–Crippen MR) is 115 cm³/mol. The normalized spacial score (nSPS) is 11.0. The van der Waals surface area contributed by atoms with E-state index in [2.05, 4.69) is 10.6 Å². The second-order valence-electron chi connectivity index (χ2n) is 6.94. The van der Waals surface area contributed by atoms with Gasteiger partial charge in [-0.1, -0.05) is 60.2 Å². The smallest absolute Gasteiger partial charge is 0.244 e. The van der Waals surface area contributed by atoms with Gasteiger partial charge in [0.05, 0.1) is 6.54 Å². The van der Waals surface area contributed by atoms with Crippen molar-refractivity contribution in [2.75, 3.05) is 11.9 Å². The zero-order valence-electron chi connectivity index (χ0n) is 16.4. The minimum Gasteiger partial charge on any atom is -0.343 e. The van der Waals surface area contributed by atoms with Crippen molar-refractivity contribution in [3.05, 3.63) is 82.9 Å². The van der Waals surface area contributed by atoms with Gasteiger partial charge in [0.15, 0.2) is 0 Å². The fourth-order valence-electron chi connectivity index (χ4n) is 3.35. The zero-order valence-corrected chi connectivity index (χ0v) is 16.4. The third kappa shape index (κ3) is 4.65. The highest BCUT2D eigenvalue weighted by Gasteiger charge is 2.09. The van der Waals surface area contributed by atoms with Crippen LogP contribution in [0.3, 0.4) is 0 Å². The molecule has 0 fully saturated rings. The molecule has 0 aliphatic heterocycles. The summed E-state index contributed by atoms with van der Waals surface area (Å²) in [6, 6.07) is 18.0. The van der Waals surface area contributed by atoms with Gasteiger partial charge in [0.2, 0.25) is 11.8 Å². The number of fused-ring (bicyclic) bond motifs is 1. The van der Waals surface area contributed by atoms with Crippen molar-refractivity contribution in [1.82, 2.24) is 5.32 Å². The first kappa shape index (κ1) is 19.4. The van der Waals surface area contributed by atoms with Crippen molar-refractivity contribution in [3.63, 3.8) is 0 Å². The summed E-state index contributed by atoms with van der Waals surface area (Å²) >= 11 is 0. The second kappa shape index (κ2) is 8.53. The molecular weight excluding hydrogens is 348 g/mol. The highest BCUT2D eigenvalue weighted by Crippen LogP contribution is 2.22. The molecule has 0 aliphatic carbocycles. The molecule has 3 rings (SSSR count). The molecule has 0 spiro atoms. The van der Waals surface area contributed by atoms with E-state index < -0.39 is 0 Å². The molecule has 0 radical (unpaired) electrons. The van der Waals surface area contributed by atoms with Crippen LogP contribution in [0.2, 0.25) is 0 Å². The van der Waals surface area contributed by atoms with Gasteiger partial charge in [-0.25, -0.2) is 0 Å². The lowest BCUT2D eigenvalue weighted by Crippen LogP contribution is -2.32. The highest BCUT2D eigenvalue weighted by atomic mass is 16.2. The van der Waals surface area contributed by atoms with Crippen LogP contribution in [-0.2, 0) is 9.59 Å². The molecule has 0 saturated carbocycles. The molecule has 2 amide bonds. The first-order valence-corrected chi connectivity index (χ1v) is 9.25. The summed E-state index contributed by atoms with van der Waals surface area (Å²) in [5, 5.41) is 7.71. The largest absolute Gasteiger partial charge is 0.343 e. The molecule has 0 saturated heterocycles. The Morgan fingerprint density at radius 3 is 2.36 bits per heavy atom. The number of amides is 2. The Morgan fingerprint density at radius 1 is 0.929 bits per heavy atom. The number of carbonyl (C=O) groups excluding carboxylic acids is 2. The second-order valence-corrected chi connectivity index (χ2v) is 6.94. The van der Waals surface area contributed by atoms with E-state index in [9.17, 15) is 9.59 Å². The molecule has 0 bridgehead atoms. The van der Waals surface area contributed by atoms with Gasteiger partial charge in [-0.05, 0) is 54.3 Å². The molecule has 0 unspecified atom stereocenters. The fourth-order valence-corrected chi connectivity index (χ4v) is 3.35. The molecule has 28 heavy (non-hydrogen) atoms. The summed E-state index contributed by atoms with van der Waals surface area (Å²) in [6.45, 7) is 5.86. The van der Waals surface area contributed by atoms with E-state index >= 15 is 0 Å². The van der Waals surface area contributed by atoms with E-state index in [-0.39, 0.29) is 18.4 Å². The van der Waals surface area contributed by atoms with Crippen molar-refractivity contribution in [2.45, 2.75) is 20.8 Å². The Hall–Kier alpha value is -3.40. The first-order chi connectivity index (χ1) is 13.4. The average Bonchev–Trinajstić information content (AvgIpc) is 2.67. The zero-order chi connectivity index (χ0) is 20.1. The third-order valence-electron chi connectivity index (χ3n) is 4.60. The van der Waals surface area contributed by atoms with Gasteiger partial charge in [0.1, 0.15) is 0 Å². The number of carbonyl (C=O) groups is 2. The summed E-state index contributed by atoms with van der Waals surface area (Å²) in [5.74, 6) is -0.553. The van der Waals surface area contributed by atoms with Crippen LogP contribution in [0.15, 0.2) is 60.7 Å². The number of hydrogen-bond acceptors (Lipinski definition) is 2. The molecule has 0 atom stereocenters. The van der Waals surface area contributed by atoms with Crippen LogP contribution in [0.5, 0.6) is 0 Å². The molecule has 0 heterocycles. The van der Waals surface area contributed by atoms with Crippen LogP contribution < -0.4 is 10.6 Å². The standard InChI is InChI=1S/C24H24N2O2/c1-16-13-17(2)24(18(3)14-16)26-23(28)15-25-22(27)12-11-20-9-6-8-19-7-4-5-10-21(19)20/h4-14H,15H2,1-3H3,(H,25,27)(H,26,28)/b12-11+. The van der Waals surface area contributed by atoms with E-state index in [4.69, 9.17) is 0 Å². The lowest BCUT2D eigenvalue weighted by molar-refractivity contribution is -0.121. The third-order valence-corrected chi connectivity index (χ3v) is 4.60. The number of rotatable bonds is 5. The summed E-state index contributed by atoms with van der Waals surface area (Å²) in [7, 11) is 0. The maximum atomic E-state index is 12.2. The van der Waals surface area contributed by atoms with E-state index in [0.29, 0.717) is 0 Å². The lowest BCUT2D eigenvalue weighted by atomic mass is 10.0. The minimum absolute atomic E-state index is 0.0779. The highest BCUT2D eigenvalue weighted by molar-refractivity contribution is 6.00. The monoisotopic (exact) mass is 372 g/mol. The SMILES string of the molecule is Cc1cc(C)c(NC(=O)CNC(=O)/C=C/c2cccc3ccccc23)c(C)c1. The van der Waals surface area contributed by atoms with Crippen LogP contribution in [0, 0.1) is 20.8 Å².